The van der Waals surface area contributed by atoms with E-state index in [1.807, 2.05) is 13.1 Å². The molecule has 3 nitrogen and oxygen atoms in total. The number of benzene rings is 1. The van der Waals surface area contributed by atoms with Gasteiger partial charge >= 0.3 is 0 Å². The highest BCUT2D eigenvalue weighted by atomic mass is 35.5. The first-order chi connectivity index (χ1) is 10.1. The number of anilines is 1. The Bertz CT molecular complexity index is 516. The van der Waals surface area contributed by atoms with Gasteiger partial charge in [-0.25, -0.2) is 0 Å². The molecule has 21 heavy (non-hydrogen) atoms. The molecule has 1 aromatic rings. The van der Waals surface area contributed by atoms with Gasteiger partial charge in [-0.05, 0) is 36.6 Å². The summed E-state index contributed by atoms with van der Waals surface area (Å²) in [6.07, 6.45) is 5.23. The SMILES string of the molecule is CCCCC(CC)C(NC)c1cc2c(cc1Cl)NC(=O)C2. The number of carbonyl (C=O) groups is 1. The summed E-state index contributed by atoms with van der Waals surface area (Å²) in [7, 11) is 1.99. The largest absolute Gasteiger partial charge is 0.325 e. The van der Waals surface area contributed by atoms with Crippen molar-refractivity contribution in [2.24, 2.45) is 5.92 Å². The molecule has 2 atom stereocenters. The summed E-state index contributed by atoms with van der Waals surface area (Å²) in [5.74, 6) is 0.618. The van der Waals surface area contributed by atoms with Gasteiger partial charge in [0.05, 0.1) is 6.42 Å². The van der Waals surface area contributed by atoms with E-state index in [0.717, 1.165) is 28.3 Å². The predicted molar refractivity (Wildman–Crippen MR) is 88.9 cm³/mol. The molecule has 1 heterocycles. The summed E-state index contributed by atoms with van der Waals surface area (Å²) in [6, 6.07) is 4.24. The van der Waals surface area contributed by atoms with Gasteiger partial charge in [-0.1, -0.05) is 50.8 Å². The molecule has 1 aliphatic rings. The van der Waals surface area contributed by atoms with Crippen LogP contribution < -0.4 is 10.6 Å². The lowest BCUT2D eigenvalue weighted by atomic mass is 9.86. The van der Waals surface area contributed by atoms with Crippen LogP contribution in [0.25, 0.3) is 0 Å². The molecule has 2 N–H and O–H groups in total. The summed E-state index contributed by atoms with van der Waals surface area (Å²) in [5, 5.41) is 7.03. The molecule has 1 aliphatic heterocycles. The molecule has 0 radical (unpaired) electrons. The molecule has 2 unspecified atom stereocenters. The van der Waals surface area contributed by atoms with Crippen LogP contribution in [0.5, 0.6) is 0 Å². The minimum absolute atomic E-state index is 0.0530. The molecule has 116 valence electrons. The molecule has 0 aliphatic carbocycles. The lowest BCUT2D eigenvalue weighted by molar-refractivity contribution is -0.115. The monoisotopic (exact) mass is 308 g/mol. The van der Waals surface area contributed by atoms with Crippen molar-refractivity contribution in [2.75, 3.05) is 12.4 Å². The quantitative estimate of drug-likeness (QED) is 0.788. The van der Waals surface area contributed by atoms with Crippen molar-refractivity contribution in [3.05, 3.63) is 28.3 Å². The van der Waals surface area contributed by atoms with Gasteiger partial charge in [-0.2, -0.15) is 0 Å². The van der Waals surface area contributed by atoms with Crippen LogP contribution >= 0.6 is 11.6 Å². The highest BCUT2D eigenvalue weighted by Gasteiger charge is 2.26. The first kappa shape index (κ1) is 16.3. The van der Waals surface area contributed by atoms with Gasteiger partial charge in [0, 0.05) is 16.8 Å². The van der Waals surface area contributed by atoms with Crippen molar-refractivity contribution < 1.29 is 4.79 Å². The molecule has 0 saturated heterocycles. The van der Waals surface area contributed by atoms with Crippen molar-refractivity contribution in [2.45, 2.75) is 52.0 Å². The number of hydrogen-bond acceptors (Lipinski definition) is 2. The summed E-state index contributed by atoms with van der Waals surface area (Å²) < 4.78 is 0. The molecule has 2 rings (SSSR count). The Morgan fingerprint density at radius 2 is 2.14 bits per heavy atom. The maximum atomic E-state index is 11.5. The Morgan fingerprint density at radius 1 is 1.38 bits per heavy atom. The summed E-state index contributed by atoms with van der Waals surface area (Å²) in [4.78, 5) is 11.5. The fourth-order valence-corrected chi connectivity index (χ4v) is 3.50. The number of unbranched alkanes of at least 4 members (excludes halogenated alkanes) is 1. The van der Waals surface area contributed by atoms with Crippen LogP contribution in [0.4, 0.5) is 5.69 Å². The van der Waals surface area contributed by atoms with Crippen LogP contribution in [-0.2, 0) is 11.2 Å². The number of amides is 1. The molecule has 0 spiro atoms. The van der Waals surface area contributed by atoms with Gasteiger partial charge in [0.15, 0.2) is 0 Å². The third kappa shape index (κ3) is 3.58. The first-order valence-electron chi connectivity index (χ1n) is 7.90. The number of carbonyl (C=O) groups excluding carboxylic acids is 1. The van der Waals surface area contributed by atoms with Gasteiger partial charge in [0.2, 0.25) is 5.91 Å². The highest BCUT2D eigenvalue weighted by Crippen LogP contribution is 2.37. The van der Waals surface area contributed by atoms with Crippen molar-refractivity contribution in [1.29, 1.82) is 0 Å². The molecular formula is C17H25ClN2O. The zero-order valence-electron chi connectivity index (χ0n) is 13.1. The van der Waals surface area contributed by atoms with Crippen LogP contribution in [0.3, 0.4) is 0 Å². The van der Waals surface area contributed by atoms with Gasteiger partial charge in [0.25, 0.3) is 0 Å². The maximum Gasteiger partial charge on any atom is 0.228 e. The fourth-order valence-electron chi connectivity index (χ4n) is 3.22. The van der Waals surface area contributed by atoms with Crippen LogP contribution in [0.1, 0.15) is 56.7 Å². The average molecular weight is 309 g/mol. The third-order valence-electron chi connectivity index (χ3n) is 4.42. The van der Waals surface area contributed by atoms with Gasteiger partial charge in [-0.3, -0.25) is 4.79 Å². The van der Waals surface area contributed by atoms with E-state index in [1.165, 1.54) is 19.3 Å². The summed E-state index contributed by atoms with van der Waals surface area (Å²) in [5.41, 5.74) is 3.05. The second kappa shape index (κ2) is 7.28. The smallest absolute Gasteiger partial charge is 0.228 e. The molecule has 4 heteroatoms. The van der Waals surface area contributed by atoms with E-state index in [0.29, 0.717) is 12.3 Å². The predicted octanol–water partition coefficient (Wildman–Crippen LogP) is 4.31. The van der Waals surface area contributed by atoms with E-state index < -0.39 is 0 Å². The zero-order valence-corrected chi connectivity index (χ0v) is 13.9. The third-order valence-corrected chi connectivity index (χ3v) is 4.75. The van der Waals surface area contributed by atoms with E-state index in [1.54, 1.807) is 0 Å². The number of halogens is 1. The maximum absolute atomic E-state index is 11.5. The summed E-state index contributed by atoms with van der Waals surface area (Å²) >= 11 is 6.47. The van der Waals surface area contributed by atoms with Crippen LogP contribution in [0.15, 0.2) is 12.1 Å². The highest BCUT2D eigenvalue weighted by molar-refractivity contribution is 6.32. The van der Waals surface area contributed by atoms with E-state index in [2.05, 4.69) is 30.5 Å². The Hall–Kier alpha value is -1.06. The second-order valence-corrected chi connectivity index (χ2v) is 6.24. The molecule has 1 amide bonds. The molecule has 0 aromatic heterocycles. The van der Waals surface area contributed by atoms with E-state index in [4.69, 9.17) is 11.6 Å². The van der Waals surface area contributed by atoms with E-state index in [-0.39, 0.29) is 11.9 Å². The standard InChI is InChI=1S/C17H25ClN2O/c1-4-6-7-11(5-2)17(19-3)13-8-12-9-16(21)20-15(12)10-14(13)18/h8,10-11,17,19H,4-7,9H2,1-3H3,(H,20,21). The van der Waals surface area contributed by atoms with Crippen LogP contribution in [-0.4, -0.2) is 13.0 Å². The van der Waals surface area contributed by atoms with Crippen molar-refractivity contribution in [3.63, 3.8) is 0 Å². The number of nitrogens with one attached hydrogen (secondary N) is 2. The Balaban J connectivity index is 2.29. The van der Waals surface area contributed by atoms with Crippen LogP contribution in [0.2, 0.25) is 5.02 Å². The molecule has 0 bridgehead atoms. The molecular weight excluding hydrogens is 284 g/mol. The number of hydrogen-bond donors (Lipinski definition) is 2. The Morgan fingerprint density at radius 3 is 2.76 bits per heavy atom. The Kier molecular flexibility index (Phi) is 5.65. The molecule has 0 fully saturated rings. The Labute approximate surface area is 132 Å². The zero-order chi connectivity index (χ0) is 15.4. The lowest BCUT2D eigenvalue weighted by Gasteiger charge is -2.27. The minimum Gasteiger partial charge on any atom is -0.325 e. The molecule has 1 aromatic carbocycles. The fraction of sp³-hybridized carbons (Fsp3) is 0.588. The van der Waals surface area contributed by atoms with Crippen LogP contribution in [0, 0.1) is 5.92 Å². The number of rotatable bonds is 7. The van der Waals surface area contributed by atoms with Crippen molar-refractivity contribution >= 4 is 23.2 Å². The van der Waals surface area contributed by atoms with Gasteiger partial charge < -0.3 is 10.6 Å². The molecule has 0 saturated carbocycles. The van der Waals surface area contributed by atoms with E-state index >= 15 is 0 Å². The average Bonchev–Trinajstić information content (AvgIpc) is 2.82. The van der Waals surface area contributed by atoms with Crippen molar-refractivity contribution in [3.8, 4) is 0 Å². The summed E-state index contributed by atoms with van der Waals surface area (Å²) in [6.45, 7) is 4.46. The lowest BCUT2D eigenvalue weighted by Crippen LogP contribution is -2.25. The topological polar surface area (TPSA) is 41.1 Å². The van der Waals surface area contributed by atoms with Gasteiger partial charge in [0.1, 0.15) is 0 Å². The second-order valence-electron chi connectivity index (χ2n) is 5.83. The van der Waals surface area contributed by atoms with Gasteiger partial charge in [-0.15, -0.1) is 0 Å². The normalized spacial score (nSPS) is 16.5. The number of fused-ring (bicyclic) bond motifs is 1. The minimum atomic E-state index is 0.0530. The van der Waals surface area contributed by atoms with Crippen molar-refractivity contribution in [1.82, 2.24) is 5.32 Å². The first-order valence-corrected chi connectivity index (χ1v) is 8.27. The van der Waals surface area contributed by atoms with E-state index in [9.17, 15) is 4.79 Å².